The molecular weight excluding hydrogens is 368 g/mol. The number of carboxylic acid groups (broad SMARTS) is 1. The van der Waals surface area contributed by atoms with Crippen molar-refractivity contribution in [2.24, 2.45) is 11.8 Å². The zero-order valence-corrected chi connectivity index (χ0v) is 19.1. The van der Waals surface area contributed by atoms with Crippen LogP contribution in [0, 0.1) is 11.8 Å². The Morgan fingerprint density at radius 2 is 1.76 bits per heavy atom. The number of ether oxygens (including phenoxy) is 2. The van der Waals surface area contributed by atoms with Gasteiger partial charge in [0.1, 0.15) is 0 Å². The molecule has 29 heavy (non-hydrogen) atoms. The maximum atomic E-state index is 10.6. The van der Waals surface area contributed by atoms with E-state index in [1.54, 1.807) is 13.2 Å². The number of hydrogen-bond donors (Lipinski definition) is 2. The van der Waals surface area contributed by atoms with Crippen molar-refractivity contribution in [1.82, 2.24) is 0 Å². The van der Waals surface area contributed by atoms with Crippen molar-refractivity contribution in [3.05, 3.63) is 23.8 Å². The summed E-state index contributed by atoms with van der Waals surface area (Å²) in [5.74, 6) is 1.07. The molecule has 0 radical (unpaired) electrons. The van der Waals surface area contributed by atoms with Gasteiger partial charge >= 0.3 is 5.97 Å². The Morgan fingerprint density at radius 1 is 1.07 bits per heavy atom. The SMILES string of the molecule is CCC.COCCCOc1cc(CC(CCCCCC(=O)O)C(C)C)ccc1O. The van der Waals surface area contributed by atoms with Crippen LogP contribution in [0.2, 0.25) is 0 Å². The van der Waals surface area contributed by atoms with Crippen LogP contribution in [0.1, 0.15) is 78.2 Å². The van der Waals surface area contributed by atoms with Crippen molar-refractivity contribution < 1.29 is 24.5 Å². The smallest absolute Gasteiger partial charge is 0.303 e. The third-order valence-corrected chi connectivity index (χ3v) is 4.68. The molecule has 5 heteroatoms. The first-order valence-electron chi connectivity index (χ1n) is 11.0. The van der Waals surface area contributed by atoms with Crippen LogP contribution in [0.3, 0.4) is 0 Å². The van der Waals surface area contributed by atoms with Crippen molar-refractivity contribution in [3.63, 3.8) is 0 Å². The third-order valence-electron chi connectivity index (χ3n) is 4.68. The van der Waals surface area contributed by atoms with Crippen LogP contribution in [-0.2, 0) is 16.0 Å². The molecule has 0 aliphatic rings. The fourth-order valence-electron chi connectivity index (χ4n) is 3.02. The highest BCUT2D eigenvalue weighted by molar-refractivity contribution is 5.66. The van der Waals surface area contributed by atoms with Crippen LogP contribution in [0.15, 0.2) is 18.2 Å². The van der Waals surface area contributed by atoms with E-state index in [4.69, 9.17) is 14.6 Å². The van der Waals surface area contributed by atoms with Crippen molar-refractivity contribution in [2.45, 2.75) is 79.1 Å². The number of methoxy groups -OCH3 is 1. The molecule has 0 spiro atoms. The first-order valence-corrected chi connectivity index (χ1v) is 11.0. The molecule has 0 fully saturated rings. The molecule has 0 saturated heterocycles. The van der Waals surface area contributed by atoms with Gasteiger partial charge < -0.3 is 19.7 Å². The highest BCUT2D eigenvalue weighted by Gasteiger charge is 2.15. The van der Waals surface area contributed by atoms with Crippen LogP contribution in [0.5, 0.6) is 11.5 Å². The van der Waals surface area contributed by atoms with Crippen LogP contribution in [0.25, 0.3) is 0 Å². The molecule has 1 rings (SSSR count). The number of carbonyl (C=O) groups is 1. The maximum Gasteiger partial charge on any atom is 0.303 e. The lowest BCUT2D eigenvalue weighted by molar-refractivity contribution is -0.137. The minimum absolute atomic E-state index is 0.168. The van der Waals surface area contributed by atoms with Gasteiger partial charge in [-0.2, -0.15) is 0 Å². The van der Waals surface area contributed by atoms with E-state index in [0.717, 1.165) is 44.1 Å². The zero-order chi connectivity index (χ0) is 22.1. The number of aromatic hydroxyl groups is 1. The Morgan fingerprint density at radius 3 is 2.34 bits per heavy atom. The lowest BCUT2D eigenvalue weighted by Crippen LogP contribution is -2.12. The lowest BCUT2D eigenvalue weighted by Gasteiger charge is -2.21. The highest BCUT2D eigenvalue weighted by Crippen LogP contribution is 2.30. The molecule has 0 bridgehead atoms. The molecule has 168 valence electrons. The number of phenols is 1. The third kappa shape index (κ3) is 14.0. The van der Waals surface area contributed by atoms with Gasteiger partial charge in [0.2, 0.25) is 0 Å². The average Bonchev–Trinajstić information content (AvgIpc) is 2.66. The number of hydrogen-bond acceptors (Lipinski definition) is 4. The number of rotatable bonds is 14. The van der Waals surface area contributed by atoms with Gasteiger partial charge in [0.05, 0.1) is 6.61 Å². The van der Waals surface area contributed by atoms with Gasteiger partial charge in [-0.15, -0.1) is 0 Å². The Bertz CT molecular complexity index is 542. The molecule has 0 aliphatic carbocycles. The summed E-state index contributed by atoms with van der Waals surface area (Å²) in [6.45, 7) is 9.86. The van der Waals surface area contributed by atoms with Gasteiger partial charge in [0.25, 0.3) is 0 Å². The standard InChI is InChI=1S/C21H34O5.C3H8/c1-16(2)18(8-5-4-6-9-21(23)24)14-17-10-11-19(22)20(15-17)26-13-7-12-25-3;1-3-2/h10-11,15-16,18,22H,4-9,12-14H2,1-3H3,(H,23,24);3H2,1-2H3. The van der Waals surface area contributed by atoms with Gasteiger partial charge in [0.15, 0.2) is 11.5 Å². The normalized spacial score (nSPS) is 11.7. The van der Waals surface area contributed by atoms with Crippen LogP contribution in [0.4, 0.5) is 0 Å². The average molecular weight is 411 g/mol. The topological polar surface area (TPSA) is 76.0 Å². The highest BCUT2D eigenvalue weighted by atomic mass is 16.5. The lowest BCUT2D eigenvalue weighted by atomic mass is 9.85. The van der Waals surface area contributed by atoms with E-state index in [9.17, 15) is 9.90 Å². The van der Waals surface area contributed by atoms with Crippen LogP contribution in [-0.4, -0.2) is 36.5 Å². The Kier molecular flexibility index (Phi) is 16.1. The minimum atomic E-state index is -0.715. The second-order valence-corrected chi connectivity index (χ2v) is 7.91. The number of phenolic OH excluding ortho intramolecular Hbond substituents is 1. The summed E-state index contributed by atoms with van der Waals surface area (Å²) < 4.78 is 10.7. The first-order chi connectivity index (χ1) is 13.8. The quantitative estimate of drug-likeness (QED) is 0.364. The van der Waals surface area contributed by atoms with E-state index in [0.29, 0.717) is 30.8 Å². The van der Waals surface area contributed by atoms with Gasteiger partial charge in [0, 0.05) is 26.6 Å². The minimum Gasteiger partial charge on any atom is -0.504 e. The van der Waals surface area contributed by atoms with Gasteiger partial charge in [-0.05, 0) is 48.8 Å². The Hall–Kier alpha value is -1.75. The molecule has 1 unspecified atom stereocenters. The summed E-state index contributed by atoms with van der Waals surface area (Å²) in [6, 6.07) is 5.59. The second-order valence-electron chi connectivity index (χ2n) is 7.91. The maximum absolute atomic E-state index is 10.6. The van der Waals surface area contributed by atoms with E-state index in [1.165, 1.54) is 6.42 Å². The van der Waals surface area contributed by atoms with Crippen molar-refractivity contribution >= 4 is 5.97 Å². The second kappa shape index (κ2) is 17.1. The molecule has 1 aromatic rings. The summed E-state index contributed by atoms with van der Waals surface area (Å²) in [5.41, 5.74) is 1.16. The predicted octanol–water partition coefficient (Wildman–Crippen LogP) is 6.07. The fourth-order valence-corrected chi connectivity index (χ4v) is 3.02. The van der Waals surface area contributed by atoms with Gasteiger partial charge in [-0.1, -0.05) is 53.0 Å². The van der Waals surface area contributed by atoms with Gasteiger partial charge in [-0.3, -0.25) is 4.79 Å². The Labute approximate surface area is 177 Å². The molecule has 0 aliphatic heterocycles. The number of aliphatic carboxylic acids is 1. The van der Waals surface area contributed by atoms with E-state index < -0.39 is 5.97 Å². The molecule has 1 aromatic carbocycles. The summed E-state index contributed by atoms with van der Waals surface area (Å²) >= 11 is 0. The fraction of sp³-hybridized carbons (Fsp3) is 0.708. The molecule has 1 atom stereocenters. The summed E-state index contributed by atoms with van der Waals surface area (Å²) in [6.07, 6.45) is 7.07. The molecule has 0 heterocycles. The van der Waals surface area contributed by atoms with E-state index in [1.807, 2.05) is 12.1 Å². The largest absolute Gasteiger partial charge is 0.504 e. The monoisotopic (exact) mass is 410 g/mol. The summed E-state index contributed by atoms with van der Waals surface area (Å²) in [5, 5.41) is 18.7. The molecule has 0 amide bonds. The van der Waals surface area contributed by atoms with Crippen molar-refractivity contribution in [3.8, 4) is 11.5 Å². The molecule has 0 saturated carbocycles. The summed E-state index contributed by atoms with van der Waals surface area (Å²) in [7, 11) is 1.66. The number of unbranched alkanes of at least 4 members (excludes halogenated alkanes) is 2. The predicted molar refractivity (Wildman–Crippen MR) is 119 cm³/mol. The van der Waals surface area contributed by atoms with Crippen molar-refractivity contribution in [2.75, 3.05) is 20.3 Å². The van der Waals surface area contributed by atoms with E-state index in [2.05, 4.69) is 27.7 Å². The molecule has 5 nitrogen and oxygen atoms in total. The summed E-state index contributed by atoms with van der Waals surface area (Å²) in [4.78, 5) is 10.6. The molecule has 2 N–H and O–H groups in total. The van der Waals surface area contributed by atoms with Crippen LogP contribution < -0.4 is 4.74 Å². The van der Waals surface area contributed by atoms with Gasteiger partial charge in [-0.25, -0.2) is 0 Å². The Balaban J connectivity index is 0.00000245. The first kappa shape index (κ1) is 27.2. The molecule has 0 aromatic heterocycles. The van der Waals surface area contributed by atoms with Crippen LogP contribution >= 0.6 is 0 Å². The number of benzene rings is 1. The van der Waals surface area contributed by atoms with Crippen molar-refractivity contribution in [1.29, 1.82) is 0 Å². The van der Waals surface area contributed by atoms with E-state index in [-0.39, 0.29) is 12.2 Å². The zero-order valence-electron chi connectivity index (χ0n) is 19.1. The molecular formula is C24H42O5. The van der Waals surface area contributed by atoms with E-state index >= 15 is 0 Å². The number of carboxylic acids is 1.